The first-order valence-electron chi connectivity index (χ1n) is 5.67. The molecule has 1 fully saturated rings. The highest BCUT2D eigenvalue weighted by atomic mass is 16.5. The van der Waals surface area contributed by atoms with Gasteiger partial charge >= 0.3 is 0 Å². The first-order valence-corrected chi connectivity index (χ1v) is 5.67. The molecule has 88 valence electrons. The van der Waals surface area contributed by atoms with Gasteiger partial charge in [-0.05, 0) is 26.1 Å². The fourth-order valence-corrected chi connectivity index (χ4v) is 1.66. The number of nitrogens with zero attached hydrogens (tertiary/aromatic N) is 1. The molecule has 1 saturated heterocycles. The summed E-state index contributed by atoms with van der Waals surface area (Å²) in [6.45, 7) is 3.56. The van der Waals surface area contributed by atoms with Gasteiger partial charge in [0.1, 0.15) is 11.9 Å². The first-order chi connectivity index (χ1) is 7.79. The molecule has 4 nitrogen and oxygen atoms in total. The zero-order valence-corrected chi connectivity index (χ0v) is 9.77. The van der Waals surface area contributed by atoms with Gasteiger partial charge in [-0.1, -0.05) is 0 Å². The van der Waals surface area contributed by atoms with E-state index in [1.165, 1.54) is 0 Å². The van der Waals surface area contributed by atoms with Crippen molar-refractivity contribution < 1.29 is 9.47 Å². The van der Waals surface area contributed by atoms with Crippen molar-refractivity contribution in [1.29, 1.82) is 0 Å². The fraction of sp³-hybridized carbons (Fsp3) is 0.583. The van der Waals surface area contributed by atoms with Crippen LogP contribution < -0.4 is 10.1 Å². The molecular formula is C12H18N2O2. The van der Waals surface area contributed by atoms with Gasteiger partial charge in [0.15, 0.2) is 0 Å². The Morgan fingerprint density at radius 1 is 1.56 bits per heavy atom. The zero-order chi connectivity index (χ0) is 11.4. The zero-order valence-electron chi connectivity index (χ0n) is 9.77. The van der Waals surface area contributed by atoms with E-state index in [1.54, 1.807) is 6.20 Å². The SMILES string of the molecule is CNC(C)c1ccc(OC2CCOC2)cn1. The second-order valence-electron chi connectivity index (χ2n) is 4.03. The van der Waals surface area contributed by atoms with Crippen LogP contribution in [0, 0.1) is 0 Å². The molecule has 16 heavy (non-hydrogen) atoms. The van der Waals surface area contributed by atoms with Crippen molar-refractivity contribution in [2.24, 2.45) is 0 Å². The maximum Gasteiger partial charge on any atom is 0.138 e. The number of hydrogen-bond donors (Lipinski definition) is 1. The van der Waals surface area contributed by atoms with Crippen LogP contribution in [-0.2, 0) is 4.74 Å². The summed E-state index contributed by atoms with van der Waals surface area (Å²) in [4.78, 5) is 4.36. The van der Waals surface area contributed by atoms with Crippen LogP contribution in [0.2, 0.25) is 0 Å². The van der Waals surface area contributed by atoms with Gasteiger partial charge in [0.2, 0.25) is 0 Å². The quantitative estimate of drug-likeness (QED) is 0.839. The second kappa shape index (κ2) is 5.27. The summed E-state index contributed by atoms with van der Waals surface area (Å²) in [6.07, 6.45) is 2.94. The summed E-state index contributed by atoms with van der Waals surface area (Å²) in [5, 5.41) is 3.15. The lowest BCUT2D eigenvalue weighted by atomic mass is 10.2. The van der Waals surface area contributed by atoms with Crippen LogP contribution in [0.5, 0.6) is 5.75 Å². The van der Waals surface area contributed by atoms with Gasteiger partial charge in [0.25, 0.3) is 0 Å². The molecule has 0 spiro atoms. The molecule has 1 aromatic rings. The molecule has 2 heterocycles. The third-order valence-corrected chi connectivity index (χ3v) is 2.83. The van der Waals surface area contributed by atoms with Crippen molar-refractivity contribution in [3.63, 3.8) is 0 Å². The Balaban J connectivity index is 1.96. The molecule has 2 rings (SSSR count). The van der Waals surface area contributed by atoms with Crippen LogP contribution in [0.15, 0.2) is 18.3 Å². The van der Waals surface area contributed by atoms with Crippen molar-refractivity contribution in [2.75, 3.05) is 20.3 Å². The number of aromatic nitrogens is 1. The van der Waals surface area contributed by atoms with Gasteiger partial charge in [0.05, 0.1) is 25.1 Å². The monoisotopic (exact) mass is 222 g/mol. The van der Waals surface area contributed by atoms with E-state index in [2.05, 4.69) is 17.2 Å². The molecule has 1 N–H and O–H groups in total. The molecule has 0 saturated carbocycles. The predicted octanol–water partition coefficient (Wildman–Crippen LogP) is 1.53. The van der Waals surface area contributed by atoms with Crippen LogP contribution in [-0.4, -0.2) is 31.3 Å². The number of hydrogen-bond acceptors (Lipinski definition) is 4. The highest BCUT2D eigenvalue weighted by Gasteiger charge is 2.17. The molecule has 0 bridgehead atoms. The minimum atomic E-state index is 0.189. The molecule has 4 heteroatoms. The number of rotatable bonds is 4. The second-order valence-corrected chi connectivity index (χ2v) is 4.03. The summed E-state index contributed by atoms with van der Waals surface area (Å²) in [7, 11) is 1.92. The lowest BCUT2D eigenvalue weighted by Gasteiger charge is -2.13. The molecule has 0 aliphatic carbocycles. The van der Waals surface area contributed by atoms with Gasteiger partial charge in [-0.25, -0.2) is 0 Å². The van der Waals surface area contributed by atoms with E-state index in [4.69, 9.17) is 9.47 Å². The third-order valence-electron chi connectivity index (χ3n) is 2.83. The van der Waals surface area contributed by atoms with Gasteiger partial charge < -0.3 is 14.8 Å². The minimum Gasteiger partial charge on any atom is -0.486 e. The largest absolute Gasteiger partial charge is 0.486 e. The van der Waals surface area contributed by atoms with Gasteiger partial charge in [-0.15, -0.1) is 0 Å². The Morgan fingerprint density at radius 3 is 3.00 bits per heavy atom. The van der Waals surface area contributed by atoms with E-state index >= 15 is 0 Å². The summed E-state index contributed by atoms with van der Waals surface area (Å²) in [5.74, 6) is 0.822. The average Bonchev–Trinajstić information content (AvgIpc) is 2.82. The molecule has 2 unspecified atom stereocenters. The summed E-state index contributed by atoms with van der Waals surface area (Å²) in [6, 6.07) is 4.23. The predicted molar refractivity (Wildman–Crippen MR) is 61.6 cm³/mol. The topological polar surface area (TPSA) is 43.4 Å². The molecule has 0 aromatic carbocycles. The Morgan fingerprint density at radius 2 is 2.44 bits per heavy atom. The average molecular weight is 222 g/mol. The minimum absolute atomic E-state index is 0.189. The maximum absolute atomic E-state index is 5.74. The van der Waals surface area contributed by atoms with Crippen molar-refractivity contribution in [2.45, 2.75) is 25.5 Å². The number of nitrogens with one attached hydrogen (secondary N) is 1. The Hall–Kier alpha value is -1.13. The molecule has 1 aromatic heterocycles. The van der Waals surface area contributed by atoms with Crippen molar-refractivity contribution in [1.82, 2.24) is 10.3 Å². The van der Waals surface area contributed by atoms with Crippen LogP contribution in [0.3, 0.4) is 0 Å². The lowest BCUT2D eigenvalue weighted by Crippen LogP contribution is -2.16. The number of ether oxygens (including phenoxy) is 2. The first kappa shape index (κ1) is 11.4. The molecule has 0 radical (unpaired) electrons. The van der Waals surface area contributed by atoms with Crippen molar-refractivity contribution in [3.8, 4) is 5.75 Å². The van der Waals surface area contributed by atoms with Crippen molar-refractivity contribution >= 4 is 0 Å². The third kappa shape index (κ3) is 2.71. The molecule has 0 amide bonds. The van der Waals surface area contributed by atoms with E-state index < -0.39 is 0 Å². The Bertz CT molecular complexity index is 320. The standard InChI is InChI=1S/C12H18N2O2/c1-9(13-2)12-4-3-10(7-14-12)16-11-5-6-15-8-11/h3-4,7,9,11,13H,5-6,8H2,1-2H3. The normalized spacial score (nSPS) is 22.0. The smallest absolute Gasteiger partial charge is 0.138 e. The molecule has 1 aliphatic heterocycles. The van der Waals surface area contributed by atoms with E-state index in [0.717, 1.165) is 24.5 Å². The summed E-state index contributed by atoms with van der Waals surface area (Å²) in [5.41, 5.74) is 1.03. The van der Waals surface area contributed by atoms with Gasteiger partial charge in [-0.2, -0.15) is 0 Å². The maximum atomic E-state index is 5.74. The van der Waals surface area contributed by atoms with E-state index in [-0.39, 0.29) is 12.1 Å². The lowest BCUT2D eigenvalue weighted by molar-refractivity contribution is 0.141. The van der Waals surface area contributed by atoms with Crippen LogP contribution >= 0.6 is 0 Å². The van der Waals surface area contributed by atoms with Crippen molar-refractivity contribution in [3.05, 3.63) is 24.0 Å². The summed E-state index contributed by atoms with van der Waals surface area (Å²) < 4.78 is 11.0. The Labute approximate surface area is 96.0 Å². The highest BCUT2D eigenvalue weighted by molar-refractivity contribution is 5.21. The molecule has 1 aliphatic rings. The van der Waals surface area contributed by atoms with E-state index in [1.807, 2.05) is 19.2 Å². The molecular weight excluding hydrogens is 204 g/mol. The van der Waals surface area contributed by atoms with Crippen LogP contribution in [0.1, 0.15) is 25.1 Å². The summed E-state index contributed by atoms with van der Waals surface area (Å²) >= 11 is 0. The van der Waals surface area contributed by atoms with E-state index in [9.17, 15) is 0 Å². The van der Waals surface area contributed by atoms with Crippen LogP contribution in [0.25, 0.3) is 0 Å². The highest BCUT2D eigenvalue weighted by Crippen LogP contribution is 2.17. The molecule has 2 atom stereocenters. The van der Waals surface area contributed by atoms with Crippen LogP contribution in [0.4, 0.5) is 0 Å². The Kier molecular flexibility index (Phi) is 3.74. The van der Waals surface area contributed by atoms with Gasteiger partial charge in [0, 0.05) is 12.5 Å². The van der Waals surface area contributed by atoms with Gasteiger partial charge in [-0.3, -0.25) is 4.98 Å². The fourth-order valence-electron chi connectivity index (χ4n) is 1.66. The number of pyridine rings is 1. The van der Waals surface area contributed by atoms with E-state index in [0.29, 0.717) is 6.61 Å².